The van der Waals surface area contributed by atoms with Crippen molar-refractivity contribution in [1.82, 2.24) is 19.8 Å². The van der Waals surface area contributed by atoms with E-state index in [1.165, 1.54) is 16.9 Å². The molecule has 114 valence electrons. The summed E-state index contributed by atoms with van der Waals surface area (Å²) >= 11 is 1.52. The van der Waals surface area contributed by atoms with E-state index in [4.69, 9.17) is 4.74 Å². The number of benzene rings is 2. The minimum Gasteiger partial charge on any atom is -0.497 e. The number of hydrogen-bond acceptors (Lipinski definition) is 5. The molecule has 0 fully saturated rings. The number of hydrogen-bond donors (Lipinski definition) is 0. The maximum absolute atomic E-state index is 5.28. The van der Waals surface area contributed by atoms with Crippen LogP contribution >= 0.6 is 11.3 Å². The molecule has 0 saturated heterocycles. The molecule has 2 aromatic carbocycles. The van der Waals surface area contributed by atoms with Crippen molar-refractivity contribution in [3.63, 3.8) is 0 Å². The second-order valence-corrected chi connectivity index (χ2v) is 6.07. The van der Waals surface area contributed by atoms with E-state index in [-0.39, 0.29) is 0 Å². The van der Waals surface area contributed by atoms with Crippen molar-refractivity contribution in [2.24, 2.45) is 0 Å². The van der Waals surface area contributed by atoms with Gasteiger partial charge in [0, 0.05) is 12.0 Å². The molecule has 0 bridgehead atoms. The van der Waals surface area contributed by atoms with Gasteiger partial charge in [-0.1, -0.05) is 53.8 Å². The van der Waals surface area contributed by atoms with Crippen LogP contribution in [0.3, 0.4) is 0 Å². The Balaban J connectivity index is 1.71. The highest BCUT2D eigenvalue weighted by molar-refractivity contribution is 7.19. The van der Waals surface area contributed by atoms with Crippen LogP contribution in [0.25, 0.3) is 15.5 Å². The first kappa shape index (κ1) is 13.9. The summed E-state index contributed by atoms with van der Waals surface area (Å²) in [5.41, 5.74) is 2.21. The smallest absolute Gasteiger partial charge is 0.234 e. The summed E-state index contributed by atoms with van der Waals surface area (Å²) in [6.07, 6.45) is 0.712. The maximum Gasteiger partial charge on any atom is 0.234 e. The summed E-state index contributed by atoms with van der Waals surface area (Å²) in [7, 11) is 1.66. The molecule has 2 aromatic heterocycles. The predicted octanol–water partition coefficient (Wildman–Crippen LogP) is 3.45. The first-order chi connectivity index (χ1) is 11.3. The molecular formula is C17H14N4OS. The molecule has 0 saturated carbocycles. The van der Waals surface area contributed by atoms with Crippen molar-refractivity contribution in [1.29, 1.82) is 0 Å². The van der Waals surface area contributed by atoms with Crippen LogP contribution < -0.4 is 4.74 Å². The first-order valence-corrected chi connectivity index (χ1v) is 8.04. The molecule has 5 nitrogen and oxygen atoms in total. The van der Waals surface area contributed by atoms with E-state index in [1.807, 2.05) is 47.0 Å². The molecule has 4 aromatic rings. The summed E-state index contributed by atoms with van der Waals surface area (Å²) in [4.78, 5) is 0.800. The van der Waals surface area contributed by atoms with Gasteiger partial charge in [0.1, 0.15) is 10.8 Å². The first-order valence-electron chi connectivity index (χ1n) is 7.23. The van der Waals surface area contributed by atoms with Crippen LogP contribution in [0.5, 0.6) is 5.75 Å². The van der Waals surface area contributed by atoms with E-state index in [2.05, 4.69) is 27.4 Å². The highest BCUT2D eigenvalue weighted by atomic mass is 32.1. The fourth-order valence-corrected chi connectivity index (χ4v) is 3.27. The zero-order valence-corrected chi connectivity index (χ0v) is 13.3. The number of nitrogens with zero attached hydrogens (tertiary/aromatic N) is 4. The van der Waals surface area contributed by atoms with E-state index in [9.17, 15) is 0 Å². The molecule has 0 amide bonds. The summed E-state index contributed by atoms with van der Waals surface area (Å²) < 4.78 is 7.10. The lowest BCUT2D eigenvalue weighted by Gasteiger charge is -2.01. The third-order valence-corrected chi connectivity index (χ3v) is 4.53. The molecule has 0 atom stereocenters. The van der Waals surface area contributed by atoms with Crippen LogP contribution in [-0.4, -0.2) is 26.9 Å². The SMILES string of the molecule is COc1cccc(-c2nn3c(Cc4ccccc4)nnc3s2)c1. The summed E-state index contributed by atoms with van der Waals surface area (Å²) in [5, 5.41) is 14.1. The van der Waals surface area contributed by atoms with E-state index in [0.29, 0.717) is 6.42 Å². The Morgan fingerprint density at radius 1 is 1.04 bits per heavy atom. The number of rotatable bonds is 4. The van der Waals surface area contributed by atoms with Gasteiger partial charge in [0.05, 0.1) is 7.11 Å². The van der Waals surface area contributed by atoms with Gasteiger partial charge < -0.3 is 4.74 Å². The highest BCUT2D eigenvalue weighted by Crippen LogP contribution is 2.28. The maximum atomic E-state index is 5.28. The number of aromatic nitrogens is 4. The Kier molecular flexibility index (Phi) is 3.51. The average molecular weight is 322 g/mol. The molecule has 0 spiro atoms. The number of fused-ring (bicyclic) bond motifs is 1. The van der Waals surface area contributed by atoms with E-state index < -0.39 is 0 Å². The molecule has 0 aliphatic carbocycles. The van der Waals surface area contributed by atoms with Gasteiger partial charge in [0.25, 0.3) is 0 Å². The normalized spacial score (nSPS) is 11.0. The molecule has 0 aliphatic rings. The molecular weight excluding hydrogens is 308 g/mol. The van der Waals surface area contributed by atoms with Gasteiger partial charge in [-0.15, -0.1) is 10.2 Å². The van der Waals surface area contributed by atoms with Gasteiger partial charge in [0.15, 0.2) is 5.82 Å². The van der Waals surface area contributed by atoms with Gasteiger partial charge in [0.2, 0.25) is 4.96 Å². The van der Waals surface area contributed by atoms with Gasteiger partial charge in [-0.25, -0.2) is 0 Å². The Morgan fingerprint density at radius 2 is 1.91 bits per heavy atom. The lowest BCUT2D eigenvalue weighted by molar-refractivity contribution is 0.415. The monoisotopic (exact) mass is 322 g/mol. The standard InChI is InChI=1S/C17H14N4OS/c1-22-14-9-5-8-13(11-14)16-20-21-15(18-19-17(21)23-16)10-12-6-3-2-4-7-12/h2-9,11H,10H2,1H3. The predicted molar refractivity (Wildman–Crippen MR) is 89.9 cm³/mol. The van der Waals surface area contributed by atoms with Crippen molar-refractivity contribution in [2.45, 2.75) is 6.42 Å². The van der Waals surface area contributed by atoms with E-state index >= 15 is 0 Å². The molecule has 2 heterocycles. The van der Waals surface area contributed by atoms with Crippen LogP contribution in [0.4, 0.5) is 0 Å². The van der Waals surface area contributed by atoms with Crippen LogP contribution in [0, 0.1) is 0 Å². The third kappa shape index (κ3) is 2.68. The molecule has 4 rings (SSSR count). The largest absolute Gasteiger partial charge is 0.497 e. The average Bonchev–Trinajstić information content (AvgIpc) is 3.18. The minimum absolute atomic E-state index is 0.712. The van der Waals surface area contributed by atoms with Crippen LogP contribution in [0.1, 0.15) is 11.4 Å². The topological polar surface area (TPSA) is 52.3 Å². The lowest BCUT2D eigenvalue weighted by Crippen LogP contribution is -1.97. The van der Waals surface area contributed by atoms with Crippen LogP contribution in [0.2, 0.25) is 0 Å². The molecule has 23 heavy (non-hydrogen) atoms. The number of ether oxygens (including phenoxy) is 1. The van der Waals surface area contributed by atoms with Crippen molar-refractivity contribution in [2.75, 3.05) is 7.11 Å². The Morgan fingerprint density at radius 3 is 2.74 bits per heavy atom. The molecule has 6 heteroatoms. The van der Waals surface area contributed by atoms with E-state index in [1.54, 1.807) is 7.11 Å². The van der Waals surface area contributed by atoms with Gasteiger partial charge in [-0.3, -0.25) is 0 Å². The second kappa shape index (κ2) is 5.81. The van der Waals surface area contributed by atoms with Crippen molar-refractivity contribution >= 4 is 16.3 Å². The van der Waals surface area contributed by atoms with Crippen molar-refractivity contribution in [3.8, 4) is 16.3 Å². The van der Waals surface area contributed by atoms with Gasteiger partial charge >= 0.3 is 0 Å². The van der Waals surface area contributed by atoms with Crippen LogP contribution in [0.15, 0.2) is 54.6 Å². The van der Waals surface area contributed by atoms with Crippen molar-refractivity contribution < 1.29 is 4.74 Å². The second-order valence-electron chi connectivity index (χ2n) is 5.11. The number of methoxy groups -OCH3 is 1. The fraction of sp³-hybridized carbons (Fsp3) is 0.118. The van der Waals surface area contributed by atoms with Gasteiger partial charge in [-0.2, -0.15) is 9.61 Å². The molecule has 0 radical (unpaired) electrons. The Bertz CT molecular complexity index is 946. The molecule has 0 unspecified atom stereocenters. The Labute approximate surface area is 137 Å². The summed E-state index contributed by atoms with van der Waals surface area (Å²) in [6, 6.07) is 18.1. The zero-order valence-electron chi connectivity index (χ0n) is 12.5. The zero-order chi connectivity index (χ0) is 15.6. The molecule has 0 N–H and O–H groups in total. The minimum atomic E-state index is 0.712. The third-order valence-electron chi connectivity index (χ3n) is 3.58. The van der Waals surface area contributed by atoms with Gasteiger partial charge in [-0.05, 0) is 17.7 Å². The highest BCUT2D eigenvalue weighted by Gasteiger charge is 2.13. The molecule has 0 aliphatic heterocycles. The summed E-state index contributed by atoms with van der Waals surface area (Å²) in [6.45, 7) is 0. The quantitative estimate of drug-likeness (QED) is 0.577. The van der Waals surface area contributed by atoms with E-state index in [0.717, 1.165) is 27.1 Å². The Hall–Kier alpha value is -2.73. The lowest BCUT2D eigenvalue weighted by atomic mass is 10.1. The van der Waals surface area contributed by atoms with Crippen LogP contribution in [-0.2, 0) is 6.42 Å². The fourth-order valence-electron chi connectivity index (χ4n) is 2.42. The van der Waals surface area contributed by atoms with Crippen molar-refractivity contribution in [3.05, 3.63) is 66.0 Å². The summed E-state index contributed by atoms with van der Waals surface area (Å²) in [5.74, 6) is 1.66.